The van der Waals surface area contributed by atoms with Gasteiger partial charge in [0.15, 0.2) is 17.3 Å². The van der Waals surface area contributed by atoms with Gasteiger partial charge in [-0.3, -0.25) is 4.79 Å². The highest BCUT2D eigenvalue weighted by atomic mass is 32.1. The number of thiazole rings is 1. The Kier molecular flexibility index (Phi) is 4.37. The first kappa shape index (κ1) is 17.2. The maximum absolute atomic E-state index is 12.7. The van der Waals surface area contributed by atoms with Gasteiger partial charge in [-0.05, 0) is 30.7 Å². The normalized spacial score (nSPS) is 11.9. The zero-order valence-electron chi connectivity index (χ0n) is 15.1. The van der Waals surface area contributed by atoms with Crippen LogP contribution in [-0.4, -0.2) is 28.8 Å². The Morgan fingerprint density at radius 2 is 1.78 bits per heavy atom. The molecule has 136 valence electrons. The molecule has 6 nitrogen and oxygen atoms in total. The van der Waals surface area contributed by atoms with Crippen molar-refractivity contribution in [2.45, 2.75) is 6.92 Å². The van der Waals surface area contributed by atoms with Gasteiger partial charge in [0.05, 0.1) is 18.8 Å². The number of fused-ring (bicyclic) bond motifs is 1. The average Bonchev–Trinajstić information content (AvgIpc) is 3.22. The smallest absolute Gasteiger partial charge is 0.291 e. The highest BCUT2D eigenvalue weighted by Gasteiger charge is 2.12. The molecule has 4 rings (SSSR count). The number of rotatable bonds is 4. The van der Waals surface area contributed by atoms with Crippen LogP contribution in [0.4, 0.5) is 0 Å². The Morgan fingerprint density at radius 3 is 2.44 bits per heavy atom. The molecule has 0 amide bonds. The van der Waals surface area contributed by atoms with E-state index in [4.69, 9.17) is 9.47 Å². The summed E-state index contributed by atoms with van der Waals surface area (Å²) in [5, 5.41) is 4.37. The van der Waals surface area contributed by atoms with Crippen molar-refractivity contribution in [2.75, 3.05) is 14.2 Å². The molecule has 0 bridgehead atoms. The van der Waals surface area contributed by atoms with Gasteiger partial charge in [-0.1, -0.05) is 47.2 Å². The van der Waals surface area contributed by atoms with Crippen LogP contribution < -0.4 is 19.6 Å². The van der Waals surface area contributed by atoms with Gasteiger partial charge >= 0.3 is 0 Å². The quantitative estimate of drug-likeness (QED) is 0.545. The van der Waals surface area contributed by atoms with Crippen molar-refractivity contribution in [1.29, 1.82) is 0 Å². The number of aryl methyl sites for hydroxylation is 1. The number of methoxy groups -OCH3 is 2. The molecule has 0 saturated heterocycles. The summed E-state index contributed by atoms with van der Waals surface area (Å²) >= 11 is 1.31. The standard InChI is InChI=1S/C20H17N3O3S/c1-12-4-7-14(8-5-12)18-21-20-23(22-18)19(24)17(27-20)11-13-6-9-15(25-2)16(10-13)26-3/h4-11H,1-3H3/b17-11-. The van der Waals surface area contributed by atoms with Gasteiger partial charge in [-0.25, -0.2) is 0 Å². The second kappa shape index (κ2) is 6.85. The zero-order chi connectivity index (χ0) is 19.0. The van der Waals surface area contributed by atoms with Crippen molar-refractivity contribution in [2.24, 2.45) is 0 Å². The molecule has 0 aliphatic carbocycles. The van der Waals surface area contributed by atoms with Crippen LogP contribution in [0.1, 0.15) is 11.1 Å². The van der Waals surface area contributed by atoms with Crippen LogP contribution in [0.25, 0.3) is 22.4 Å². The van der Waals surface area contributed by atoms with Gasteiger partial charge in [0.2, 0.25) is 4.96 Å². The maximum atomic E-state index is 12.7. The van der Waals surface area contributed by atoms with E-state index in [-0.39, 0.29) is 5.56 Å². The number of hydrogen-bond donors (Lipinski definition) is 0. The van der Waals surface area contributed by atoms with E-state index >= 15 is 0 Å². The van der Waals surface area contributed by atoms with E-state index in [1.54, 1.807) is 20.3 Å². The second-order valence-corrected chi connectivity index (χ2v) is 7.04. The van der Waals surface area contributed by atoms with Gasteiger partial charge in [-0.2, -0.15) is 9.50 Å². The SMILES string of the molecule is COc1ccc(/C=c2\sc3nc(-c4ccc(C)cc4)nn3c2=O)cc1OC. The Morgan fingerprint density at radius 1 is 1.04 bits per heavy atom. The summed E-state index contributed by atoms with van der Waals surface area (Å²) < 4.78 is 12.5. The molecule has 0 fully saturated rings. The molecule has 0 N–H and O–H groups in total. The fourth-order valence-electron chi connectivity index (χ4n) is 2.75. The highest BCUT2D eigenvalue weighted by Crippen LogP contribution is 2.27. The minimum atomic E-state index is -0.185. The molecule has 4 aromatic rings. The molecule has 2 aromatic heterocycles. The molecule has 0 unspecified atom stereocenters. The molecular formula is C20H17N3O3S. The summed E-state index contributed by atoms with van der Waals surface area (Å²) in [5.41, 5.74) is 2.71. The molecular weight excluding hydrogens is 362 g/mol. The van der Waals surface area contributed by atoms with Crippen LogP contribution in [0.2, 0.25) is 0 Å². The third-order valence-electron chi connectivity index (χ3n) is 4.20. The van der Waals surface area contributed by atoms with Crippen molar-refractivity contribution in [3.8, 4) is 22.9 Å². The zero-order valence-corrected chi connectivity index (χ0v) is 15.9. The van der Waals surface area contributed by atoms with Crippen molar-refractivity contribution in [1.82, 2.24) is 14.6 Å². The molecule has 2 heterocycles. The summed E-state index contributed by atoms with van der Waals surface area (Å²) in [5.74, 6) is 1.80. The van der Waals surface area contributed by atoms with E-state index < -0.39 is 0 Å². The molecule has 0 aliphatic heterocycles. The lowest BCUT2D eigenvalue weighted by Gasteiger charge is -2.07. The Balaban J connectivity index is 1.76. The van der Waals surface area contributed by atoms with E-state index in [1.807, 2.05) is 49.4 Å². The summed E-state index contributed by atoms with van der Waals surface area (Å²) in [7, 11) is 3.17. The first-order valence-corrected chi connectivity index (χ1v) is 9.11. The van der Waals surface area contributed by atoms with E-state index in [1.165, 1.54) is 15.9 Å². The summed E-state index contributed by atoms with van der Waals surface area (Å²) in [6.07, 6.45) is 1.80. The van der Waals surface area contributed by atoms with E-state index in [0.29, 0.717) is 26.8 Å². The summed E-state index contributed by atoms with van der Waals surface area (Å²) in [4.78, 5) is 17.8. The molecule has 0 atom stereocenters. The third kappa shape index (κ3) is 3.17. The third-order valence-corrected chi connectivity index (χ3v) is 5.16. The van der Waals surface area contributed by atoms with Crippen LogP contribution in [0, 0.1) is 6.92 Å². The van der Waals surface area contributed by atoms with Gasteiger partial charge in [0, 0.05) is 5.56 Å². The monoisotopic (exact) mass is 379 g/mol. The predicted octanol–water partition coefficient (Wildman–Crippen LogP) is 2.69. The minimum absolute atomic E-state index is 0.185. The number of ether oxygens (including phenoxy) is 2. The fraction of sp³-hybridized carbons (Fsp3) is 0.150. The fourth-order valence-corrected chi connectivity index (χ4v) is 3.66. The van der Waals surface area contributed by atoms with Crippen molar-refractivity contribution >= 4 is 22.4 Å². The van der Waals surface area contributed by atoms with E-state index in [0.717, 1.165) is 16.7 Å². The van der Waals surface area contributed by atoms with Crippen LogP contribution in [0.15, 0.2) is 47.3 Å². The number of hydrogen-bond acceptors (Lipinski definition) is 6. The van der Waals surface area contributed by atoms with E-state index in [9.17, 15) is 4.79 Å². The first-order chi connectivity index (χ1) is 13.1. The van der Waals surface area contributed by atoms with Crippen LogP contribution >= 0.6 is 11.3 Å². The van der Waals surface area contributed by atoms with Crippen LogP contribution in [-0.2, 0) is 0 Å². The summed E-state index contributed by atoms with van der Waals surface area (Å²) in [6.45, 7) is 2.02. The van der Waals surface area contributed by atoms with Crippen LogP contribution in [0.5, 0.6) is 11.5 Å². The molecule has 0 aliphatic rings. The number of aromatic nitrogens is 3. The highest BCUT2D eigenvalue weighted by molar-refractivity contribution is 7.15. The van der Waals surface area contributed by atoms with E-state index in [2.05, 4.69) is 10.1 Å². The van der Waals surface area contributed by atoms with Gasteiger partial charge in [-0.15, -0.1) is 5.10 Å². The number of nitrogens with zero attached hydrogens (tertiary/aromatic N) is 3. The second-order valence-electron chi connectivity index (χ2n) is 6.03. The Labute approximate surface area is 159 Å². The summed E-state index contributed by atoms with van der Waals surface area (Å²) in [6, 6.07) is 13.4. The molecule has 7 heteroatoms. The number of benzene rings is 2. The first-order valence-electron chi connectivity index (χ1n) is 8.29. The topological polar surface area (TPSA) is 65.7 Å². The van der Waals surface area contributed by atoms with Gasteiger partial charge in [0.1, 0.15) is 0 Å². The Hall–Kier alpha value is -3.19. The lowest BCUT2D eigenvalue weighted by molar-refractivity contribution is 0.355. The van der Waals surface area contributed by atoms with Gasteiger partial charge < -0.3 is 9.47 Å². The predicted molar refractivity (Wildman–Crippen MR) is 106 cm³/mol. The lowest BCUT2D eigenvalue weighted by atomic mass is 10.1. The molecule has 27 heavy (non-hydrogen) atoms. The lowest BCUT2D eigenvalue weighted by Crippen LogP contribution is -2.23. The minimum Gasteiger partial charge on any atom is -0.493 e. The van der Waals surface area contributed by atoms with Crippen molar-refractivity contribution in [3.63, 3.8) is 0 Å². The van der Waals surface area contributed by atoms with Crippen molar-refractivity contribution < 1.29 is 9.47 Å². The maximum Gasteiger partial charge on any atom is 0.291 e. The molecule has 0 radical (unpaired) electrons. The molecule has 2 aromatic carbocycles. The molecule has 0 saturated carbocycles. The average molecular weight is 379 g/mol. The molecule has 0 spiro atoms. The van der Waals surface area contributed by atoms with Crippen molar-refractivity contribution in [3.05, 3.63) is 68.5 Å². The Bertz CT molecular complexity index is 1230. The van der Waals surface area contributed by atoms with Gasteiger partial charge in [0.25, 0.3) is 5.56 Å². The van der Waals surface area contributed by atoms with Crippen LogP contribution in [0.3, 0.4) is 0 Å². The largest absolute Gasteiger partial charge is 0.493 e.